The first-order chi connectivity index (χ1) is 15.4. The van der Waals surface area contributed by atoms with Gasteiger partial charge in [0.2, 0.25) is 0 Å². The van der Waals surface area contributed by atoms with Crippen molar-refractivity contribution in [1.82, 2.24) is 4.98 Å². The van der Waals surface area contributed by atoms with E-state index in [1.807, 2.05) is 36.6 Å². The summed E-state index contributed by atoms with van der Waals surface area (Å²) in [6.07, 6.45) is 4.10. The van der Waals surface area contributed by atoms with Crippen molar-refractivity contribution in [2.45, 2.75) is 20.3 Å². The van der Waals surface area contributed by atoms with Crippen LogP contribution in [-0.4, -0.2) is 35.5 Å². The molecule has 4 rings (SSSR count). The number of carbonyl (C=O) groups excluding carboxylic acids is 2. The van der Waals surface area contributed by atoms with Gasteiger partial charge >= 0.3 is 0 Å². The van der Waals surface area contributed by atoms with Gasteiger partial charge in [-0.3, -0.25) is 9.59 Å². The molecule has 3 N–H and O–H groups in total. The number of aliphatic hydroxyl groups excluding tert-OH is 1. The van der Waals surface area contributed by atoms with Crippen LogP contribution in [0.15, 0.2) is 41.9 Å². The van der Waals surface area contributed by atoms with E-state index in [0.717, 1.165) is 27.3 Å². The van der Waals surface area contributed by atoms with Crippen LogP contribution in [0.2, 0.25) is 0 Å². The minimum Gasteiger partial charge on any atom is -0.495 e. The average Bonchev–Trinajstić information content (AvgIpc) is 3.49. The summed E-state index contributed by atoms with van der Waals surface area (Å²) in [5.74, 6) is 6.32. The zero-order valence-electron chi connectivity index (χ0n) is 18.1. The number of thiophene rings is 1. The number of fused-ring (bicyclic) bond motifs is 1. The molecule has 1 aliphatic heterocycles. The molecule has 0 atom stereocenters. The maximum atomic E-state index is 12.4. The lowest BCUT2D eigenvalue weighted by molar-refractivity contribution is -0.116. The van der Waals surface area contributed by atoms with Crippen molar-refractivity contribution < 1.29 is 19.4 Å². The number of benzene rings is 1. The van der Waals surface area contributed by atoms with E-state index in [1.54, 1.807) is 43.7 Å². The molecule has 32 heavy (non-hydrogen) atoms. The van der Waals surface area contributed by atoms with Crippen LogP contribution in [0.1, 0.15) is 34.2 Å². The standard InChI is InChI=1S/C18H16N2O3.C7H8OS/c1-11-5-6-14-17(12(11)4-3-9-21)13(18(22)20-14)10-15-16(23-2)7-8-19-15;1-6(8)5-7-3-2-4-9-7/h5-8,10,19,21H,9H2,1-2H3,(H,20,22);2-4H,5H2,1H3/b13-10-;. The molecule has 0 fully saturated rings. The molecule has 2 aromatic heterocycles. The number of hydrogen-bond acceptors (Lipinski definition) is 5. The molecule has 164 valence electrons. The molecular weight excluding hydrogens is 424 g/mol. The Bertz CT molecular complexity index is 1210. The first kappa shape index (κ1) is 23.1. The Labute approximate surface area is 190 Å². The summed E-state index contributed by atoms with van der Waals surface area (Å²) in [6.45, 7) is 3.31. The number of aliphatic hydroxyl groups is 1. The van der Waals surface area contributed by atoms with Gasteiger partial charge in [0.25, 0.3) is 5.91 Å². The van der Waals surface area contributed by atoms with Gasteiger partial charge in [-0.2, -0.15) is 0 Å². The Morgan fingerprint density at radius 1 is 1.28 bits per heavy atom. The van der Waals surface area contributed by atoms with Crippen LogP contribution in [-0.2, 0) is 16.0 Å². The maximum Gasteiger partial charge on any atom is 0.256 e. The molecule has 1 aromatic carbocycles. The monoisotopic (exact) mass is 448 g/mol. The van der Waals surface area contributed by atoms with E-state index in [9.17, 15) is 9.59 Å². The number of carbonyl (C=O) groups is 2. The van der Waals surface area contributed by atoms with Crippen molar-refractivity contribution in [1.29, 1.82) is 0 Å². The highest BCUT2D eigenvalue weighted by Crippen LogP contribution is 2.37. The normalized spacial score (nSPS) is 12.9. The molecule has 0 saturated carbocycles. The van der Waals surface area contributed by atoms with Crippen LogP contribution in [0.25, 0.3) is 11.6 Å². The third-order valence-electron chi connectivity index (χ3n) is 4.72. The van der Waals surface area contributed by atoms with Crippen LogP contribution in [0.4, 0.5) is 5.69 Å². The fourth-order valence-corrected chi connectivity index (χ4v) is 4.06. The second-order valence-corrected chi connectivity index (χ2v) is 8.10. The zero-order chi connectivity index (χ0) is 23.1. The number of Topliss-reactive ketones (excluding diaryl/α,β-unsaturated/α-hetero) is 1. The Hall–Kier alpha value is -3.60. The van der Waals surface area contributed by atoms with E-state index >= 15 is 0 Å². The Morgan fingerprint density at radius 3 is 2.75 bits per heavy atom. The SMILES string of the molecule is CC(=O)Cc1cccs1.COc1cc[nH]c1/C=C1\C(=O)Nc2ccc(C)c(C#CCO)c21. The number of aromatic nitrogens is 1. The van der Waals surface area contributed by atoms with Gasteiger partial charge in [0.15, 0.2) is 0 Å². The minimum absolute atomic E-state index is 0.186. The molecular formula is C25H24N2O4S. The van der Waals surface area contributed by atoms with Crippen molar-refractivity contribution in [3.63, 3.8) is 0 Å². The first-order valence-corrected chi connectivity index (χ1v) is 10.8. The number of ketones is 1. The van der Waals surface area contributed by atoms with Crippen LogP contribution >= 0.6 is 11.3 Å². The summed E-state index contributed by atoms with van der Waals surface area (Å²) >= 11 is 1.63. The van der Waals surface area contributed by atoms with Gasteiger partial charge in [-0.05, 0) is 49.1 Å². The van der Waals surface area contributed by atoms with Crippen LogP contribution in [0, 0.1) is 18.8 Å². The molecule has 1 amide bonds. The Kier molecular flexibility index (Phi) is 7.66. The smallest absolute Gasteiger partial charge is 0.256 e. The molecule has 3 heterocycles. The van der Waals surface area contributed by atoms with E-state index in [2.05, 4.69) is 22.1 Å². The number of methoxy groups -OCH3 is 1. The predicted molar refractivity (Wildman–Crippen MR) is 128 cm³/mol. The lowest BCUT2D eigenvalue weighted by atomic mass is 9.96. The van der Waals surface area contributed by atoms with Crippen LogP contribution in [0.3, 0.4) is 0 Å². The van der Waals surface area contributed by atoms with E-state index in [1.165, 1.54) is 0 Å². The van der Waals surface area contributed by atoms with Gasteiger partial charge in [0, 0.05) is 28.6 Å². The summed E-state index contributed by atoms with van der Waals surface area (Å²) < 4.78 is 5.27. The highest BCUT2D eigenvalue weighted by Gasteiger charge is 2.28. The van der Waals surface area contributed by atoms with Gasteiger partial charge in [0.1, 0.15) is 18.1 Å². The van der Waals surface area contributed by atoms with Gasteiger partial charge in [0.05, 0.1) is 24.1 Å². The number of hydrogen-bond donors (Lipinski definition) is 3. The summed E-state index contributed by atoms with van der Waals surface area (Å²) in [4.78, 5) is 27.1. The van der Waals surface area contributed by atoms with Gasteiger partial charge in [-0.15, -0.1) is 11.3 Å². The van der Waals surface area contributed by atoms with E-state index in [4.69, 9.17) is 9.84 Å². The molecule has 0 radical (unpaired) electrons. The number of ether oxygens (including phenoxy) is 1. The number of aromatic amines is 1. The van der Waals surface area contributed by atoms with Crippen molar-refractivity contribution in [2.24, 2.45) is 0 Å². The second-order valence-electron chi connectivity index (χ2n) is 7.07. The number of nitrogens with one attached hydrogen (secondary N) is 2. The maximum absolute atomic E-state index is 12.4. The molecule has 6 nitrogen and oxygen atoms in total. The molecule has 0 unspecified atom stereocenters. The largest absolute Gasteiger partial charge is 0.495 e. The fourth-order valence-electron chi connectivity index (χ4n) is 3.28. The summed E-state index contributed by atoms with van der Waals surface area (Å²) in [6, 6.07) is 9.50. The van der Waals surface area contributed by atoms with Crippen molar-refractivity contribution >= 4 is 40.4 Å². The lowest BCUT2D eigenvalue weighted by Crippen LogP contribution is -2.03. The van der Waals surface area contributed by atoms with Crippen molar-refractivity contribution in [3.05, 3.63) is 69.2 Å². The van der Waals surface area contributed by atoms with Crippen LogP contribution in [0.5, 0.6) is 5.75 Å². The first-order valence-electron chi connectivity index (χ1n) is 9.94. The van der Waals surface area contributed by atoms with Gasteiger partial charge < -0.3 is 20.1 Å². The van der Waals surface area contributed by atoms with Crippen LogP contribution < -0.4 is 10.1 Å². The third-order valence-corrected chi connectivity index (χ3v) is 5.60. The molecule has 0 saturated heterocycles. The van der Waals surface area contributed by atoms with Crippen molar-refractivity contribution in [3.8, 4) is 17.6 Å². The fraction of sp³-hybridized carbons (Fsp3) is 0.200. The number of H-pyrrole nitrogens is 1. The van der Waals surface area contributed by atoms with Gasteiger partial charge in [-0.25, -0.2) is 0 Å². The second kappa shape index (κ2) is 10.6. The minimum atomic E-state index is -0.228. The highest BCUT2D eigenvalue weighted by molar-refractivity contribution is 7.10. The molecule has 0 spiro atoms. The zero-order valence-corrected chi connectivity index (χ0v) is 18.9. The number of rotatable bonds is 4. The predicted octanol–water partition coefficient (Wildman–Crippen LogP) is 4.05. The highest BCUT2D eigenvalue weighted by atomic mass is 32.1. The van der Waals surface area contributed by atoms with E-state index < -0.39 is 0 Å². The summed E-state index contributed by atoms with van der Waals surface area (Å²) in [5.41, 5.74) is 4.41. The Morgan fingerprint density at radius 2 is 2.09 bits per heavy atom. The molecule has 1 aliphatic rings. The third kappa shape index (κ3) is 5.35. The Balaban J connectivity index is 0.000000269. The lowest BCUT2D eigenvalue weighted by Gasteiger charge is -2.06. The number of amides is 1. The van der Waals surface area contributed by atoms with E-state index in [0.29, 0.717) is 23.4 Å². The molecule has 0 aliphatic carbocycles. The molecule has 0 bridgehead atoms. The number of anilines is 1. The average molecular weight is 449 g/mol. The topological polar surface area (TPSA) is 91.4 Å². The van der Waals surface area contributed by atoms with Crippen molar-refractivity contribution in [2.75, 3.05) is 19.0 Å². The molecule has 3 aromatic rings. The van der Waals surface area contributed by atoms with Gasteiger partial charge in [-0.1, -0.05) is 24.0 Å². The molecule has 7 heteroatoms. The summed E-state index contributed by atoms with van der Waals surface area (Å²) in [5, 5.41) is 13.8. The van der Waals surface area contributed by atoms with E-state index in [-0.39, 0.29) is 18.3 Å². The summed E-state index contributed by atoms with van der Waals surface area (Å²) in [7, 11) is 1.58. The quantitative estimate of drug-likeness (QED) is 0.415. The number of aryl methyl sites for hydroxylation is 1.